The minimum Gasteiger partial charge on any atom is -0.490 e. The van der Waals surface area contributed by atoms with E-state index in [0.717, 1.165) is 119 Å². The van der Waals surface area contributed by atoms with E-state index in [1.165, 1.54) is 6.42 Å². The fraction of sp³-hybridized carbons (Fsp3) is 0.558. The topological polar surface area (TPSA) is 148 Å². The highest BCUT2D eigenvalue weighted by atomic mass is 35.5. The monoisotopic (exact) mass is 961 g/mol. The molecule has 2 unspecified atom stereocenters. The zero-order valence-electron chi connectivity index (χ0n) is 39.6. The highest BCUT2D eigenvalue weighted by Crippen LogP contribution is 2.44. The van der Waals surface area contributed by atoms with Crippen LogP contribution in [0.25, 0.3) is 11.1 Å². The van der Waals surface area contributed by atoms with Gasteiger partial charge in [-0.05, 0) is 149 Å². The van der Waals surface area contributed by atoms with Crippen LogP contribution in [0.3, 0.4) is 0 Å². The Morgan fingerprint density at radius 1 is 0.928 bits per heavy atom. The summed E-state index contributed by atoms with van der Waals surface area (Å²) in [4.78, 5) is 32.3. The van der Waals surface area contributed by atoms with Crippen molar-refractivity contribution in [3.63, 3.8) is 0 Å². The summed E-state index contributed by atoms with van der Waals surface area (Å²) in [7, 11) is 1.80. The van der Waals surface area contributed by atoms with E-state index in [1.807, 2.05) is 17.0 Å². The summed E-state index contributed by atoms with van der Waals surface area (Å²) in [5.41, 5.74) is 3.83. The number of aryl methyl sites for hydroxylation is 2. The summed E-state index contributed by atoms with van der Waals surface area (Å²) in [6.07, 6.45) is 14.4. The quantitative estimate of drug-likeness (QED) is 0.163. The lowest BCUT2D eigenvalue weighted by atomic mass is 9.77. The van der Waals surface area contributed by atoms with Crippen LogP contribution in [0, 0.1) is 29.1 Å². The first-order valence-electron chi connectivity index (χ1n) is 25.1. The molecular formula is C52H62ClF2N11O3. The second-order valence-electron chi connectivity index (χ2n) is 20.2. The Morgan fingerprint density at radius 2 is 1.71 bits per heavy atom. The molecule has 69 heavy (non-hydrogen) atoms. The van der Waals surface area contributed by atoms with E-state index in [2.05, 4.69) is 41.5 Å². The van der Waals surface area contributed by atoms with Crippen LogP contribution >= 0.6 is 11.6 Å². The van der Waals surface area contributed by atoms with Gasteiger partial charge in [-0.2, -0.15) is 15.5 Å². The number of nitrogens with one attached hydrogen (secondary N) is 1. The minimum atomic E-state index is -2.64. The van der Waals surface area contributed by atoms with Crippen molar-refractivity contribution in [1.82, 2.24) is 35.2 Å². The molecule has 6 heterocycles. The van der Waals surface area contributed by atoms with Crippen LogP contribution in [-0.2, 0) is 18.3 Å². The van der Waals surface area contributed by atoms with Gasteiger partial charge in [0.1, 0.15) is 17.7 Å². The van der Waals surface area contributed by atoms with E-state index in [-0.39, 0.29) is 41.5 Å². The molecule has 4 aliphatic heterocycles. The molecule has 4 aromatic rings. The van der Waals surface area contributed by atoms with Crippen LogP contribution in [0.5, 0.6) is 5.75 Å². The van der Waals surface area contributed by atoms with Crippen molar-refractivity contribution < 1.29 is 23.1 Å². The highest BCUT2D eigenvalue weighted by molar-refractivity contribution is 6.31. The number of fused-ring (bicyclic) bond motifs is 2. The zero-order chi connectivity index (χ0) is 47.8. The Balaban J connectivity index is 0.712. The van der Waals surface area contributed by atoms with E-state index in [9.17, 15) is 18.4 Å². The van der Waals surface area contributed by atoms with Gasteiger partial charge >= 0.3 is 0 Å². The number of benzene rings is 2. The van der Waals surface area contributed by atoms with Gasteiger partial charge in [-0.15, -0.1) is 10.2 Å². The van der Waals surface area contributed by atoms with Crippen molar-refractivity contribution in [3.8, 4) is 22.9 Å². The molecule has 6 aliphatic rings. The predicted octanol–water partition coefficient (Wildman–Crippen LogP) is 8.94. The number of halogens is 3. The summed E-state index contributed by atoms with van der Waals surface area (Å²) in [6.45, 7) is 5.46. The Morgan fingerprint density at radius 3 is 2.39 bits per heavy atom. The van der Waals surface area contributed by atoms with Gasteiger partial charge in [0.05, 0.1) is 34.8 Å². The SMILES string of the molecule is CC(=O)N1CCC2C(C1)C(N1CCCc3cc(-c4cnn(C)c4)c(C(F)F)cc31)=NN2C1CCC(CC2CCN(c3ccc(C(=O)NC4CCC(Oc5ccc(C#N)c(Cl)c5)CC4)nn3)CC2)CC1. The second kappa shape index (κ2) is 20.3. The minimum absolute atomic E-state index is 0.00931. The maximum Gasteiger partial charge on any atom is 0.272 e. The zero-order valence-corrected chi connectivity index (χ0v) is 40.3. The average Bonchev–Trinajstić information content (AvgIpc) is 3.98. The lowest BCUT2D eigenvalue weighted by Crippen LogP contribution is -2.53. The van der Waals surface area contributed by atoms with E-state index in [1.54, 1.807) is 61.4 Å². The highest BCUT2D eigenvalue weighted by Gasteiger charge is 2.47. The van der Waals surface area contributed by atoms with Crippen LogP contribution < -0.4 is 19.9 Å². The third-order valence-corrected chi connectivity index (χ3v) is 16.2. The molecule has 0 spiro atoms. The van der Waals surface area contributed by atoms with E-state index in [0.29, 0.717) is 70.7 Å². The number of hydrazone groups is 1. The first kappa shape index (κ1) is 46.9. The number of hydrogen-bond donors (Lipinski definition) is 1. The fourth-order valence-corrected chi connectivity index (χ4v) is 12.3. The summed E-state index contributed by atoms with van der Waals surface area (Å²) in [5.74, 6) is 3.56. The van der Waals surface area contributed by atoms with E-state index in [4.69, 9.17) is 26.7 Å². The smallest absolute Gasteiger partial charge is 0.272 e. The van der Waals surface area contributed by atoms with Gasteiger partial charge in [0.15, 0.2) is 11.5 Å². The van der Waals surface area contributed by atoms with Crippen LogP contribution in [0.4, 0.5) is 20.3 Å². The van der Waals surface area contributed by atoms with Gasteiger partial charge in [0, 0.05) is 87.9 Å². The van der Waals surface area contributed by atoms with Crippen molar-refractivity contribution >= 4 is 40.8 Å². The summed E-state index contributed by atoms with van der Waals surface area (Å²) >= 11 is 6.18. The lowest BCUT2D eigenvalue weighted by Gasteiger charge is -2.43. The molecular weight excluding hydrogens is 900 g/mol. The fourth-order valence-electron chi connectivity index (χ4n) is 12.1. The average molecular weight is 963 g/mol. The summed E-state index contributed by atoms with van der Waals surface area (Å²) in [6, 6.07) is 15.0. The van der Waals surface area contributed by atoms with Crippen molar-refractivity contribution in [3.05, 3.63) is 82.3 Å². The number of alkyl halides is 2. The Labute approximate surface area is 408 Å². The van der Waals surface area contributed by atoms with Crippen LogP contribution in [0.2, 0.25) is 5.02 Å². The Kier molecular flexibility index (Phi) is 13.8. The largest absolute Gasteiger partial charge is 0.490 e. The Bertz CT molecular complexity index is 2580. The molecule has 2 aromatic heterocycles. The number of amides is 2. The number of nitriles is 1. The van der Waals surface area contributed by atoms with Gasteiger partial charge in [-0.25, -0.2) is 8.78 Å². The standard InChI is InChI=1S/C52H62ClF2N11O3/c1-32(67)64-23-19-47-44(31-64)51(65-20-3-4-35-25-42(37-29-57-62(2)30-37)43(50(54)55)27-48(35)65)61-66(47)39-10-5-33(6-11-39)24-34-17-21-63(22-18-34)49-16-15-46(59-60-49)52(68)58-38-8-13-40(14-9-38)69-41-12-7-36(28-56)45(53)26-41/h7,12,15-16,25-27,29-30,33-34,38-40,44,47,50H,3-6,8-11,13-14,17-24,31H2,1-2H3,(H,58,68). The molecule has 4 fully saturated rings. The summed E-state index contributed by atoms with van der Waals surface area (Å²) < 4.78 is 37.3. The maximum atomic E-state index is 14.8. The molecule has 1 N–H and O–H groups in total. The van der Waals surface area contributed by atoms with Crippen LogP contribution in [0.15, 0.2) is 60.0 Å². The van der Waals surface area contributed by atoms with Gasteiger partial charge in [-0.1, -0.05) is 11.6 Å². The first-order chi connectivity index (χ1) is 33.5. The molecule has 2 saturated carbocycles. The number of nitrogens with zero attached hydrogens (tertiary/aromatic N) is 10. The van der Waals surface area contributed by atoms with Gasteiger partial charge in [0.25, 0.3) is 12.3 Å². The van der Waals surface area contributed by atoms with E-state index < -0.39 is 6.43 Å². The molecule has 364 valence electrons. The van der Waals surface area contributed by atoms with Crippen molar-refractivity contribution in [2.24, 2.45) is 29.9 Å². The number of rotatable bonds is 10. The number of ether oxygens (including phenoxy) is 1. The van der Waals surface area contributed by atoms with Gasteiger partial charge < -0.3 is 24.8 Å². The molecule has 10 rings (SSSR count). The van der Waals surface area contributed by atoms with Gasteiger partial charge in [-0.3, -0.25) is 19.3 Å². The Hall–Kier alpha value is -5.82. The molecule has 0 radical (unpaired) electrons. The van der Waals surface area contributed by atoms with Gasteiger partial charge in [0.2, 0.25) is 5.91 Å². The molecule has 17 heteroatoms. The molecule has 2 aliphatic carbocycles. The molecule has 2 aromatic carbocycles. The molecule has 0 bridgehead atoms. The van der Waals surface area contributed by atoms with Crippen LogP contribution in [0.1, 0.15) is 124 Å². The third kappa shape index (κ3) is 10.1. The predicted molar refractivity (Wildman–Crippen MR) is 260 cm³/mol. The number of anilines is 2. The second-order valence-corrected chi connectivity index (χ2v) is 20.6. The third-order valence-electron chi connectivity index (χ3n) is 15.9. The number of piperidine rings is 2. The number of likely N-dealkylation sites (tertiary alicyclic amines) is 1. The number of aromatic nitrogens is 4. The number of amidine groups is 1. The van der Waals surface area contributed by atoms with Crippen molar-refractivity contribution in [1.29, 1.82) is 5.26 Å². The molecule has 2 amide bonds. The maximum absolute atomic E-state index is 14.8. The molecule has 2 saturated heterocycles. The summed E-state index contributed by atoms with van der Waals surface area (Å²) in [5, 5.41) is 33.6. The van der Waals surface area contributed by atoms with Crippen molar-refractivity contribution in [2.75, 3.05) is 42.5 Å². The number of carbonyl (C=O) groups is 2. The van der Waals surface area contributed by atoms with Crippen molar-refractivity contribution in [2.45, 2.75) is 127 Å². The van der Waals surface area contributed by atoms with E-state index >= 15 is 0 Å². The first-order valence-corrected chi connectivity index (χ1v) is 25.5. The molecule has 2 atom stereocenters. The lowest BCUT2D eigenvalue weighted by molar-refractivity contribution is -0.131. The number of carbonyl (C=O) groups excluding carboxylic acids is 2. The normalized spacial score (nSPS) is 25.2. The van der Waals surface area contributed by atoms with Crippen LogP contribution in [-0.4, -0.2) is 104 Å². The number of hydrogen-bond acceptors (Lipinski definition) is 11. The molecule has 14 nitrogen and oxygen atoms in total.